The summed E-state index contributed by atoms with van der Waals surface area (Å²) in [5.41, 5.74) is 0. The van der Waals surface area contributed by atoms with E-state index in [2.05, 4.69) is 55.6 Å². The van der Waals surface area contributed by atoms with Gasteiger partial charge in [0.2, 0.25) is 5.91 Å². The van der Waals surface area contributed by atoms with Crippen LogP contribution in [0.4, 0.5) is 0 Å². The fourth-order valence-electron chi connectivity index (χ4n) is 11.6. The van der Waals surface area contributed by atoms with Gasteiger partial charge in [-0.15, -0.1) is 0 Å². The molecule has 0 saturated carbocycles. The molecule has 0 fully saturated rings. The molecular weight excluding hydrogens is 1020 g/mol. The van der Waals surface area contributed by atoms with E-state index in [0.29, 0.717) is 19.4 Å². The molecule has 1 amide bonds. The molecule has 0 aromatic heterocycles. The lowest BCUT2D eigenvalue weighted by molar-refractivity contribution is -0.143. The van der Waals surface area contributed by atoms with Gasteiger partial charge in [0.1, 0.15) is 0 Å². The summed E-state index contributed by atoms with van der Waals surface area (Å²) >= 11 is 0. The summed E-state index contributed by atoms with van der Waals surface area (Å²) in [6.45, 7) is 4.93. The average Bonchev–Trinajstić information content (AvgIpc) is 3.49. The van der Waals surface area contributed by atoms with E-state index >= 15 is 0 Å². The molecule has 0 bridgehead atoms. The van der Waals surface area contributed by atoms with E-state index < -0.39 is 12.1 Å². The summed E-state index contributed by atoms with van der Waals surface area (Å²) < 4.78 is 5.51. The number of unbranched alkanes of at least 4 members (excludes halogenated alkanes) is 53. The van der Waals surface area contributed by atoms with Crippen LogP contribution in [0.1, 0.15) is 406 Å². The maximum atomic E-state index is 12.5. The van der Waals surface area contributed by atoms with Gasteiger partial charge >= 0.3 is 5.97 Å². The second kappa shape index (κ2) is 72.3. The Labute approximate surface area is 518 Å². The molecule has 0 aliphatic heterocycles. The van der Waals surface area contributed by atoms with Crippen LogP contribution in [0, 0.1) is 0 Å². The predicted octanol–water partition coefficient (Wildman–Crippen LogP) is 24.4. The Balaban J connectivity index is 3.43. The normalized spacial score (nSPS) is 12.8. The smallest absolute Gasteiger partial charge is 0.305 e. The third-order valence-corrected chi connectivity index (χ3v) is 17.3. The van der Waals surface area contributed by atoms with Gasteiger partial charge in [-0.1, -0.05) is 351 Å². The maximum absolute atomic E-state index is 12.5. The van der Waals surface area contributed by atoms with Gasteiger partial charge in [0, 0.05) is 12.8 Å². The van der Waals surface area contributed by atoms with E-state index in [-0.39, 0.29) is 18.5 Å². The minimum absolute atomic E-state index is 0.0103. The molecule has 0 saturated heterocycles. The van der Waals surface area contributed by atoms with Crippen molar-refractivity contribution in [2.45, 2.75) is 418 Å². The Morgan fingerprint density at radius 1 is 0.337 bits per heavy atom. The number of rotatable bonds is 70. The first-order valence-corrected chi connectivity index (χ1v) is 37.4. The van der Waals surface area contributed by atoms with E-state index in [9.17, 15) is 19.8 Å². The first-order valence-electron chi connectivity index (χ1n) is 37.4. The quantitative estimate of drug-likeness (QED) is 0.0320. The highest BCUT2D eigenvalue weighted by Crippen LogP contribution is 2.18. The standard InChI is InChI=1S/C77H145NO5/c1-3-5-7-9-11-13-15-17-19-21-23-34-37-41-45-49-53-57-61-65-69-75(80)74(73-79)78-76(81)70-66-62-58-54-50-46-42-38-35-31-29-27-25-24-26-28-30-32-36-40-44-48-52-56-60-64-68-72-83-77(82)71-67-63-59-55-51-47-43-39-33-22-20-18-16-14-12-10-8-6-4-2/h18,20,24-25,28,30,65,69,74-75,79-80H,3-17,19,21-23,26-27,29,31-64,66-68,70-73H2,1-2H3,(H,78,81)/b20-18-,25-24-,30-28-,69-65+. The highest BCUT2D eigenvalue weighted by atomic mass is 16.5. The number of allylic oxidation sites excluding steroid dienone is 7. The zero-order chi connectivity index (χ0) is 59.9. The van der Waals surface area contributed by atoms with Crippen molar-refractivity contribution >= 4 is 11.9 Å². The van der Waals surface area contributed by atoms with Gasteiger partial charge in [0.25, 0.3) is 0 Å². The van der Waals surface area contributed by atoms with Crippen molar-refractivity contribution in [3.05, 3.63) is 48.6 Å². The van der Waals surface area contributed by atoms with Gasteiger partial charge in [-0.05, 0) is 89.9 Å². The van der Waals surface area contributed by atoms with E-state index in [1.165, 1.54) is 327 Å². The summed E-state index contributed by atoms with van der Waals surface area (Å²) in [6.07, 6.45) is 94.9. The highest BCUT2D eigenvalue weighted by molar-refractivity contribution is 5.76. The van der Waals surface area contributed by atoms with Crippen LogP contribution in [0.2, 0.25) is 0 Å². The molecule has 0 spiro atoms. The fourth-order valence-corrected chi connectivity index (χ4v) is 11.6. The number of aliphatic hydroxyl groups excluding tert-OH is 2. The Hall–Kier alpha value is -2.18. The molecule has 3 N–H and O–H groups in total. The molecule has 0 aliphatic rings. The van der Waals surface area contributed by atoms with Gasteiger partial charge in [-0.3, -0.25) is 9.59 Å². The molecule has 0 radical (unpaired) electrons. The molecule has 0 heterocycles. The number of amides is 1. The number of esters is 1. The number of hydrogen-bond donors (Lipinski definition) is 3. The molecule has 6 heteroatoms. The van der Waals surface area contributed by atoms with Crippen LogP contribution >= 0.6 is 0 Å². The highest BCUT2D eigenvalue weighted by Gasteiger charge is 2.18. The lowest BCUT2D eigenvalue weighted by Gasteiger charge is -2.20. The number of aliphatic hydroxyl groups is 2. The van der Waals surface area contributed by atoms with Crippen LogP contribution in [0.25, 0.3) is 0 Å². The molecule has 0 aliphatic carbocycles. The van der Waals surface area contributed by atoms with Crippen molar-refractivity contribution in [3.8, 4) is 0 Å². The Kier molecular flexibility index (Phi) is 70.4. The second-order valence-corrected chi connectivity index (χ2v) is 25.6. The summed E-state index contributed by atoms with van der Waals surface area (Å²) in [7, 11) is 0. The minimum atomic E-state index is -0.848. The molecule has 2 atom stereocenters. The summed E-state index contributed by atoms with van der Waals surface area (Å²) in [6, 6.07) is -0.632. The number of hydrogen-bond acceptors (Lipinski definition) is 5. The van der Waals surface area contributed by atoms with E-state index in [1.807, 2.05) is 6.08 Å². The lowest BCUT2D eigenvalue weighted by atomic mass is 10.0. The minimum Gasteiger partial charge on any atom is -0.466 e. The SMILES string of the molecule is CCCCCCCC/C=C\CCCCCCCCCCCC(=O)OCCCCCCCCCCC/C=C\C/C=C\CCCCCCCCCCCCCC(=O)NC(CO)C(O)/C=C/CCCCCCCCCCCCCCCCCCCC. The zero-order valence-electron chi connectivity index (χ0n) is 55.9. The van der Waals surface area contributed by atoms with Crippen LogP contribution in [-0.2, 0) is 14.3 Å². The first-order chi connectivity index (χ1) is 41.0. The molecule has 0 aromatic carbocycles. The molecule has 2 unspecified atom stereocenters. The number of carbonyl (C=O) groups excluding carboxylic acids is 2. The summed E-state index contributed by atoms with van der Waals surface area (Å²) in [5.74, 6) is -0.0577. The first kappa shape index (κ1) is 80.8. The molecule has 0 aromatic rings. The number of ether oxygens (including phenoxy) is 1. The topological polar surface area (TPSA) is 95.9 Å². The van der Waals surface area contributed by atoms with Crippen molar-refractivity contribution < 1.29 is 24.5 Å². The third kappa shape index (κ3) is 68.8. The van der Waals surface area contributed by atoms with Crippen molar-refractivity contribution in [2.75, 3.05) is 13.2 Å². The van der Waals surface area contributed by atoms with Gasteiger partial charge in [0.05, 0.1) is 25.4 Å². The molecular formula is C77H145NO5. The van der Waals surface area contributed by atoms with Crippen molar-refractivity contribution in [3.63, 3.8) is 0 Å². The summed E-state index contributed by atoms with van der Waals surface area (Å²) in [5, 5.41) is 23.2. The molecule has 0 rings (SSSR count). The van der Waals surface area contributed by atoms with Crippen LogP contribution in [-0.4, -0.2) is 47.4 Å². The van der Waals surface area contributed by atoms with Gasteiger partial charge in [-0.25, -0.2) is 0 Å². The molecule has 488 valence electrons. The van der Waals surface area contributed by atoms with Gasteiger partial charge in [0.15, 0.2) is 0 Å². The third-order valence-electron chi connectivity index (χ3n) is 17.3. The molecule has 83 heavy (non-hydrogen) atoms. The molecule has 6 nitrogen and oxygen atoms in total. The number of nitrogens with one attached hydrogen (secondary N) is 1. The maximum Gasteiger partial charge on any atom is 0.305 e. The second-order valence-electron chi connectivity index (χ2n) is 25.6. The van der Waals surface area contributed by atoms with E-state index in [4.69, 9.17) is 4.74 Å². The van der Waals surface area contributed by atoms with Crippen LogP contribution in [0.5, 0.6) is 0 Å². The van der Waals surface area contributed by atoms with E-state index in [0.717, 1.165) is 51.4 Å². The zero-order valence-corrected chi connectivity index (χ0v) is 55.9. The Morgan fingerprint density at radius 2 is 0.602 bits per heavy atom. The largest absolute Gasteiger partial charge is 0.466 e. The summed E-state index contributed by atoms with van der Waals surface area (Å²) in [4.78, 5) is 24.6. The van der Waals surface area contributed by atoms with Crippen molar-refractivity contribution in [1.82, 2.24) is 5.32 Å². The average molecular weight is 1170 g/mol. The lowest BCUT2D eigenvalue weighted by Crippen LogP contribution is -2.45. The van der Waals surface area contributed by atoms with Crippen molar-refractivity contribution in [2.24, 2.45) is 0 Å². The monoisotopic (exact) mass is 1160 g/mol. The van der Waals surface area contributed by atoms with E-state index in [1.54, 1.807) is 6.08 Å². The van der Waals surface area contributed by atoms with Crippen molar-refractivity contribution in [1.29, 1.82) is 0 Å². The van der Waals surface area contributed by atoms with Gasteiger partial charge in [-0.2, -0.15) is 0 Å². The van der Waals surface area contributed by atoms with Crippen LogP contribution < -0.4 is 5.32 Å². The predicted molar refractivity (Wildman–Crippen MR) is 366 cm³/mol. The fraction of sp³-hybridized carbons (Fsp3) is 0.870. The Morgan fingerprint density at radius 3 is 0.928 bits per heavy atom. The van der Waals surface area contributed by atoms with Crippen LogP contribution in [0.15, 0.2) is 48.6 Å². The van der Waals surface area contributed by atoms with Crippen LogP contribution in [0.3, 0.4) is 0 Å². The Bertz CT molecular complexity index is 1390. The number of carbonyl (C=O) groups is 2. The van der Waals surface area contributed by atoms with Gasteiger partial charge < -0.3 is 20.3 Å².